The van der Waals surface area contributed by atoms with Crippen LogP contribution >= 0.6 is 0 Å². The maximum Gasteiger partial charge on any atom is 0.293 e. The predicted molar refractivity (Wildman–Crippen MR) is 133 cm³/mol. The third kappa shape index (κ3) is 4.40. The zero-order valence-corrected chi connectivity index (χ0v) is 19.2. The highest BCUT2D eigenvalue weighted by Crippen LogP contribution is 2.39. The van der Waals surface area contributed by atoms with Gasteiger partial charge in [-0.2, -0.15) is 4.99 Å². The van der Waals surface area contributed by atoms with Gasteiger partial charge in [-0.25, -0.2) is 4.99 Å². The summed E-state index contributed by atoms with van der Waals surface area (Å²) in [6.07, 6.45) is 26.1. The van der Waals surface area contributed by atoms with Crippen LogP contribution in [0.15, 0.2) is 93.5 Å². The highest BCUT2D eigenvalue weighted by molar-refractivity contribution is 5.98. The summed E-state index contributed by atoms with van der Waals surface area (Å²) in [6, 6.07) is 0.511. The van der Waals surface area contributed by atoms with Gasteiger partial charge >= 0.3 is 0 Å². The highest BCUT2D eigenvalue weighted by atomic mass is 16.5. The molecule has 6 aliphatic rings. The molecule has 6 nitrogen and oxygen atoms in total. The minimum atomic E-state index is -0.598. The van der Waals surface area contributed by atoms with E-state index in [0.717, 1.165) is 31.5 Å². The molecule has 4 aliphatic carbocycles. The fraction of sp³-hybridized carbons (Fsp3) is 0.429. The van der Waals surface area contributed by atoms with Crippen molar-refractivity contribution in [2.45, 2.75) is 44.1 Å². The smallest absolute Gasteiger partial charge is 0.293 e. The molecule has 0 amide bonds. The van der Waals surface area contributed by atoms with Crippen LogP contribution in [0.1, 0.15) is 25.7 Å². The number of hydrogen-bond acceptors (Lipinski definition) is 6. The van der Waals surface area contributed by atoms with E-state index in [1.165, 1.54) is 16.7 Å². The number of aliphatic hydroxyl groups is 1. The first-order valence-electron chi connectivity index (χ1n) is 12.4. The second kappa shape index (κ2) is 9.35. The Kier molecular flexibility index (Phi) is 5.93. The van der Waals surface area contributed by atoms with Gasteiger partial charge in [0.05, 0.1) is 19.3 Å². The van der Waals surface area contributed by atoms with E-state index in [1.807, 2.05) is 24.3 Å². The number of aliphatic imine (C=N–C) groups is 2. The fourth-order valence-electron chi connectivity index (χ4n) is 5.41. The molecule has 0 spiro atoms. The zero-order valence-electron chi connectivity index (χ0n) is 19.2. The third-order valence-corrected chi connectivity index (χ3v) is 7.35. The summed E-state index contributed by atoms with van der Waals surface area (Å²) in [5, 5.41) is 14.0. The molecule has 0 aromatic heterocycles. The molecule has 5 atom stereocenters. The maximum absolute atomic E-state index is 10.6. The van der Waals surface area contributed by atoms with Crippen LogP contribution in [0.5, 0.6) is 0 Å². The zero-order chi connectivity index (χ0) is 22.9. The SMILES string of the molecule is OC1C=CC=CC1C1N=C(C2C=C3CC4C=CC=CC4=CC3=CC2)N=C(OC2CCOCC2)N1. The second-order valence-corrected chi connectivity index (χ2v) is 9.65. The van der Waals surface area contributed by atoms with E-state index in [-0.39, 0.29) is 24.1 Å². The van der Waals surface area contributed by atoms with Crippen molar-refractivity contribution in [1.29, 1.82) is 0 Å². The van der Waals surface area contributed by atoms with E-state index in [1.54, 1.807) is 0 Å². The Morgan fingerprint density at radius 3 is 2.76 bits per heavy atom. The molecule has 2 N–H and O–H groups in total. The van der Waals surface area contributed by atoms with Gasteiger partial charge in [0.1, 0.15) is 18.1 Å². The lowest BCUT2D eigenvalue weighted by Crippen LogP contribution is -2.48. The van der Waals surface area contributed by atoms with Gasteiger partial charge < -0.3 is 19.9 Å². The largest absolute Gasteiger partial charge is 0.461 e. The van der Waals surface area contributed by atoms with Crippen molar-refractivity contribution >= 4 is 11.9 Å². The Morgan fingerprint density at radius 2 is 1.88 bits per heavy atom. The molecule has 34 heavy (non-hydrogen) atoms. The Morgan fingerprint density at radius 1 is 1.03 bits per heavy atom. The number of allylic oxidation sites excluding steroid dienone is 11. The summed E-state index contributed by atoms with van der Waals surface area (Å²) < 4.78 is 11.8. The molecular formula is C28H31N3O3. The van der Waals surface area contributed by atoms with Crippen LogP contribution in [-0.2, 0) is 9.47 Å². The Balaban J connectivity index is 1.27. The Bertz CT molecular complexity index is 1100. The van der Waals surface area contributed by atoms with Crippen LogP contribution in [0.4, 0.5) is 0 Å². The molecule has 0 radical (unpaired) electrons. The molecule has 0 saturated carbocycles. The molecule has 2 heterocycles. The van der Waals surface area contributed by atoms with E-state index < -0.39 is 6.10 Å². The number of hydrogen-bond donors (Lipinski definition) is 2. The first kappa shape index (κ1) is 21.6. The minimum absolute atomic E-state index is 0.0796. The molecule has 176 valence electrons. The molecule has 0 bridgehead atoms. The molecular weight excluding hydrogens is 426 g/mol. The standard InChI is InChI=1S/C28H31N3O3/c32-25-8-4-3-7-24(25)27-29-26(30-28(31-27)34-23-11-13-33-14-12-23)21-10-9-20-15-18-5-1-2-6-19(18)16-22(20)17-21/h1-9,15,17,19,21,23-25,27,32H,10-14,16H2,(H,29,30,31). The summed E-state index contributed by atoms with van der Waals surface area (Å²) in [4.78, 5) is 9.84. The van der Waals surface area contributed by atoms with Crippen molar-refractivity contribution in [3.63, 3.8) is 0 Å². The van der Waals surface area contributed by atoms with Crippen LogP contribution in [0.25, 0.3) is 0 Å². The van der Waals surface area contributed by atoms with Gasteiger partial charge in [-0.15, -0.1) is 0 Å². The van der Waals surface area contributed by atoms with Crippen molar-refractivity contribution in [2.24, 2.45) is 27.7 Å². The second-order valence-electron chi connectivity index (χ2n) is 9.65. The van der Waals surface area contributed by atoms with Crippen LogP contribution in [0.3, 0.4) is 0 Å². The van der Waals surface area contributed by atoms with Crippen LogP contribution in [0, 0.1) is 17.8 Å². The van der Waals surface area contributed by atoms with Crippen molar-refractivity contribution < 1.29 is 14.6 Å². The summed E-state index contributed by atoms with van der Waals surface area (Å²) in [6.45, 7) is 1.42. The number of rotatable bonds is 3. The van der Waals surface area contributed by atoms with Crippen molar-refractivity contribution in [1.82, 2.24) is 5.32 Å². The quantitative estimate of drug-likeness (QED) is 0.674. The van der Waals surface area contributed by atoms with Gasteiger partial charge in [-0.3, -0.25) is 0 Å². The van der Waals surface area contributed by atoms with Crippen LogP contribution in [-0.4, -0.2) is 48.6 Å². The van der Waals surface area contributed by atoms with Gasteiger partial charge in [-0.1, -0.05) is 66.8 Å². The van der Waals surface area contributed by atoms with Gasteiger partial charge in [0.2, 0.25) is 0 Å². The van der Waals surface area contributed by atoms with E-state index in [2.05, 4.69) is 47.8 Å². The molecule has 2 aliphatic heterocycles. The highest BCUT2D eigenvalue weighted by Gasteiger charge is 2.34. The topological polar surface area (TPSA) is 75.4 Å². The molecule has 5 unspecified atom stereocenters. The lowest BCUT2D eigenvalue weighted by molar-refractivity contribution is 0.0171. The lowest BCUT2D eigenvalue weighted by atomic mass is 9.76. The monoisotopic (exact) mass is 457 g/mol. The molecule has 6 rings (SSSR count). The Labute approximate surface area is 200 Å². The first-order valence-corrected chi connectivity index (χ1v) is 12.4. The fourth-order valence-corrected chi connectivity index (χ4v) is 5.41. The molecule has 6 heteroatoms. The number of fused-ring (bicyclic) bond motifs is 2. The summed E-state index contributed by atoms with van der Waals surface area (Å²) in [5.41, 5.74) is 4.08. The molecule has 0 aromatic carbocycles. The molecule has 1 saturated heterocycles. The van der Waals surface area contributed by atoms with E-state index in [4.69, 9.17) is 19.5 Å². The van der Waals surface area contributed by atoms with Crippen molar-refractivity contribution in [3.8, 4) is 0 Å². The van der Waals surface area contributed by atoms with Gasteiger partial charge in [0.15, 0.2) is 0 Å². The number of nitrogens with zero attached hydrogens (tertiary/aromatic N) is 2. The van der Waals surface area contributed by atoms with Gasteiger partial charge in [0.25, 0.3) is 6.02 Å². The lowest BCUT2D eigenvalue weighted by Gasteiger charge is -2.34. The van der Waals surface area contributed by atoms with Gasteiger partial charge in [0, 0.05) is 30.6 Å². The van der Waals surface area contributed by atoms with E-state index in [0.29, 0.717) is 25.2 Å². The average Bonchev–Trinajstić information content (AvgIpc) is 2.88. The first-order chi connectivity index (χ1) is 16.7. The average molecular weight is 458 g/mol. The third-order valence-electron chi connectivity index (χ3n) is 7.35. The van der Waals surface area contributed by atoms with Gasteiger partial charge in [-0.05, 0) is 29.6 Å². The van der Waals surface area contributed by atoms with E-state index >= 15 is 0 Å². The molecule has 1 fully saturated rings. The van der Waals surface area contributed by atoms with Crippen LogP contribution < -0.4 is 5.32 Å². The maximum atomic E-state index is 10.6. The predicted octanol–water partition coefficient (Wildman–Crippen LogP) is 3.91. The summed E-state index contributed by atoms with van der Waals surface area (Å²) >= 11 is 0. The summed E-state index contributed by atoms with van der Waals surface area (Å²) in [7, 11) is 0. The number of ether oxygens (including phenoxy) is 2. The minimum Gasteiger partial charge on any atom is -0.461 e. The molecule has 0 aromatic rings. The summed E-state index contributed by atoms with van der Waals surface area (Å²) in [5.74, 6) is 1.14. The van der Waals surface area contributed by atoms with Crippen molar-refractivity contribution in [2.75, 3.05) is 13.2 Å². The normalized spacial score (nSPS) is 34.6. The number of amidine groups is 2. The van der Waals surface area contributed by atoms with Crippen LogP contribution in [0.2, 0.25) is 0 Å². The number of aliphatic hydroxyl groups excluding tert-OH is 1. The van der Waals surface area contributed by atoms with E-state index in [9.17, 15) is 5.11 Å². The number of nitrogens with one attached hydrogen (secondary N) is 1. The Hall–Kier alpha value is -2.96. The van der Waals surface area contributed by atoms with Crippen molar-refractivity contribution in [3.05, 3.63) is 83.6 Å².